The highest BCUT2D eigenvalue weighted by Crippen LogP contribution is 2.34. The van der Waals surface area contributed by atoms with Gasteiger partial charge in [-0.25, -0.2) is 0 Å². The lowest BCUT2D eigenvalue weighted by atomic mass is 10.2. The number of rotatable bonds is 7. The highest BCUT2D eigenvalue weighted by atomic mass is 79.9. The monoisotopic (exact) mass is 531 g/mol. The first-order valence-corrected chi connectivity index (χ1v) is 12.3. The van der Waals surface area contributed by atoms with Gasteiger partial charge in [0.25, 0.3) is 5.91 Å². The number of aliphatic imine (C=N–C) groups is 1. The van der Waals surface area contributed by atoms with Gasteiger partial charge < -0.3 is 19.5 Å². The Morgan fingerprint density at radius 2 is 1.88 bits per heavy atom. The van der Waals surface area contributed by atoms with Crippen molar-refractivity contribution in [2.75, 3.05) is 46.4 Å². The van der Waals surface area contributed by atoms with Gasteiger partial charge in [-0.3, -0.25) is 9.69 Å². The van der Waals surface area contributed by atoms with E-state index in [0.717, 1.165) is 46.9 Å². The third-order valence-corrected chi connectivity index (χ3v) is 7.03. The van der Waals surface area contributed by atoms with Crippen LogP contribution in [0.1, 0.15) is 11.1 Å². The second-order valence-electron chi connectivity index (χ2n) is 7.69. The number of hydrogen-bond donors (Lipinski definition) is 1. The molecule has 2 aromatic carbocycles. The molecule has 33 heavy (non-hydrogen) atoms. The molecule has 4 rings (SSSR count). The molecule has 1 fully saturated rings. The van der Waals surface area contributed by atoms with Gasteiger partial charge in [0.2, 0.25) is 0 Å². The minimum atomic E-state index is -0.220. The molecule has 174 valence electrons. The maximum Gasteiger partial charge on any atom is 0.286 e. The second kappa shape index (κ2) is 11.2. The van der Waals surface area contributed by atoms with Crippen LogP contribution in [0.3, 0.4) is 0 Å². The molecule has 2 aliphatic heterocycles. The molecule has 0 aromatic heterocycles. The van der Waals surface area contributed by atoms with Gasteiger partial charge in [0.05, 0.1) is 18.6 Å². The SMILES string of the molecule is COc1cc(/C=C2\SC(N3CCN(CCO)CC3)=NC2=O)ccc1OCc1ccc(Br)cc1. The lowest BCUT2D eigenvalue weighted by Crippen LogP contribution is -2.48. The summed E-state index contributed by atoms with van der Waals surface area (Å²) in [4.78, 5) is 21.7. The standard InChI is InChI=1S/C24H26BrN3O4S/c1-31-21-14-18(4-7-20(21)32-16-17-2-5-19(25)6-3-17)15-22-23(30)26-24(33-22)28-10-8-27(9-11-28)12-13-29/h2-7,14-15,29H,8-13,16H2,1H3/b22-15-. The number of methoxy groups -OCH3 is 1. The molecular formula is C24H26BrN3O4S. The molecule has 9 heteroatoms. The summed E-state index contributed by atoms with van der Waals surface area (Å²) in [7, 11) is 1.60. The largest absolute Gasteiger partial charge is 0.493 e. The van der Waals surface area contributed by atoms with Crippen LogP contribution in [0.2, 0.25) is 0 Å². The number of hydrogen-bond acceptors (Lipinski definition) is 7. The number of nitrogens with zero attached hydrogens (tertiary/aromatic N) is 3. The van der Waals surface area contributed by atoms with Crippen LogP contribution in [-0.2, 0) is 11.4 Å². The van der Waals surface area contributed by atoms with Gasteiger partial charge >= 0.3 is 0 Å². The van der Waals surface area contributed by atoms with Gasteiger partial charge in [-0.15, -0.1) is 0 Å². The molecule has 0 bridgehead atoms. The summed E-state index contributed by atoms with van der Waals surface area (Å²) in [6, 6.07) is 13.6. The van der Waals surface area contributed by atoms with Crippen molar-refractivity contribution in [2.45, 2.75) is 6.61 Å². The highest BCUT2D eigenvalue weighted by molar-refractivity contribution is 9.10. The molecule has 2 aromatic rings. The first-order chi connectivity index (χ1) is 16.1. The number of carbonyl (C=O) groups is 1. The average molecular weight is 532 g/mol. The Morgan fingerprint density at radius 3 is 2.58 bits per heavy atom. The first kappa shape index (κ1) is 23.8. The summed E-state index contributed by atoms with van der Waals surface area (Å²) >= 11 is 4.84. The predicted molar refractivity (Wildman–Crippen MR) is 135 cm³/mol. The van der Waals surface area contributed by atoms with Gasteiger partial charge in [-0.1, -0.05) is 34.1 Å². The summed E-state index contributed by atoms with van der Waals surface area (Å²) in [6.45, 7) is 4.58. The summed E-state index contributed by atoms with van der Waals surface area (Å²) in [6.07, 6.45) is 1.84. The van der Waals surface area contributed by atoms with Crippen LogP contribution in [-0.4, -0.2) is 72.4 Å². The highest BCUT2D eigenvalue weighted by Gasteiger charge is 2.28. The fraction of sp³-hybridized carbons (Fsp3) is 0.333. The second-order valence-corrected chi connectivity index (χ2v) is 9.61. The lowest BCUT2D eigenvalue weighted by Gasteiger charge is -2.34. The first-order valence-electron chi connectivity index (χ1n) is 10.7. The molecule has 0 aliphatic carbocycles. The van der Waals surface area contributed by atoms with Crippen molar-refractivity contribution >= 4 is 44.8 Å². The normalized spacial score (nSPS) is 18.0. The number of ether oxygens (including phenoxy) is 2. The number of benzene rings is 2. The van der Waals surface area contributed by atoms with Crippen molar-refractivity contribution in [1.82, 2.24) is 9.80 Å². The van der Waals surface area contributed by atoms with Crippen molar-refractivity contribution in [3.8, 4) is 11.5 Å². The Kier molecular flexibility index (Phi) is 8.08. The zero-order chi connectivity index (χ0) is 23.2. The molecule has 0 atom stereocenters. The van der Waals surface area contributed by atoms with Gasteiger partial charge in [0, 0.05) is 37.2 Å². The Balaban J connectivity index is 1.39. The van der Waals surface area contributed by atoms with E-state index in [1.807, 2.05) is 48.5 Å². The van der Waals surface area contributed by atoms with Crippen LogP contribution < -0.4 is 9.47 Å². The van der Waals surface area contributed by atoms with Crippen molar-refractivity contribution in [2.24, 2.45) is 4.99 Å². The fourth-order valence-corrected chi connectivity index (χ4v) is 4.85. The number of amides is 1. The molecule has 0 spiro atoms. The number of β-amino-alcohol motifs (C(OH)–C–C–N with tert-alkyl or cyclic N) is 1. The average Bonchev–Trinajstić information content (AvgIpc) is 3.20. The van der Waals surface area contributed by atoms with E-state index in [9.17, 15) is 4.79 Å². The van der Waals surface area contributed by atoms with E-state index in [0.29, 0.717) is 29.6 Å². The number of amidine groups is 1. The van der Waals surface area contributed by atoms with Gasteiger partial charge in [0.1, 0.15) is 6.61 Å². The molecule has 1 N–H and O–H groups in total. The van der Waals surface area contributed by atoms with Gasteiger partial charge in [-0.05, 0) is 53.2 Å². The van der Waals surface area contributed by atoms with Crippen molar-refractivity contribution < 1.29 is 19.4 Å². The van der Waals surface area contributed by atoms with E-state index in [1.165, 1.54) is 11.8 Å². The van der Waals surface area contributed by atoms with Crippen molar-refractivity contribution in [3.05, 3.63) is 63.0 Å². The van der Waals surface area contributed by atoms with E-state index in [-0.39, 0.29) is 12.5 Å². The maximum absolute atomic E-state index is 12.5. The number of carbonyl (C=O) groups excluding carboxylic acids is 1. The van der Waals surface area contributed by atoms with Crippen LogP contribution in [0, 0.1) is 0 Å². The summed E-state index contributed by atoms with van der Waals surface area (Å²) in [5, 5.41) is 9.84. The minimum absolute atomic E-state index is 0.165. The number of piperazine rings is 1. The minimum Gasteiger partial charge on any atom is -0.493 e. The Morgan fingerprint density at radius 1 is 1.12 bits per heavy atom. The number of halogens is 1. The molecular weight excluding hydrogens is 506 g/mol. The number of thioether (sulfide) groups is 1. The Hall–Kier alpha value is -2.33. The molecule has 1 saturated heterocycles. The molecule has 2 aliphatic rings. The molecule has 1 amide bonds. The van der Waals surface area contributed by atoms with E-state index in [2.05, 4.69) is 30.7 Å². The van der Waals surface area contributed by atoms with E-state index < -0.39 is 0 Å². The summed E-state index contributed by atoms with van der Waals surface area (Å²) in [5.41, 5.74) is 1.91. The summed E-state index contributed by atoms with van der Waals surface area (Å²) < 4.78 is 12.5. The van der Waals surface area contributed by atoms with E-state index in [4.69, 9.17) is 14.6 Å². The van der Waals surface area contributed by atoms with Gasteiger partial charge in [-0.2, -0.15) is 4.99 Å². The Bertz CT molecular complexity index is 1050. The lowest BCUT2D eigenvalue weighted by molar-refractivity contribution is -0.113. The number of aliphatic hydroxyl groups excluding tert-OH is 1. The zero-order valence-electron chi connectivity index (χ0n) is 18.4. The fourth-order valence-electron chi connectivity index (χ4n) is 3.62. The molecule has 0 unspecified atom stereocenters. The number of aliphatic hydroxyl groups is 1. The predicted octanol–water partition coefficient (Wildman–Crippen LogP) is 3.62. The van der Waals surface area contributed by atoms with Crippen molar-refractivity contribution in [3.63, 3.8) is 0 Å². The third-order valence-electron chi connectivity index (χ3n) is 5.46. The molecule has 0 radical (unpaired) electrons. The third kappa shape index (κ3) is 6.17. The van der Waals surface area contributed by atoms with Gasteiger partial charge in [0.15, 0.2) is 16.7 Å². The van der Waals surface area contributed by atoms with Crippen LogP contribution in [0.4, 0.5) is 0 Å². The quantitative estimate of drug-likeness (QED) is 0.547. The smallest absolute Gasteiger partial charge is 0.286 e. The van der Waals surface area contributed by atoms with Crippen molar-refractivity contribution in [1.29, 1.82) is 0 Å². The van der Waals surface area contributed by atoms with Crippen LogP contribution in [0.5, 0.6) is 11.5 Å². The van der Waals surface area contributed by atoms with E-state index >= 15 is 0 Å². The van der Waals surface area contributed by atoms with E-state index in [1.54, 1.807) is 7.11 Å². The summed E-state index contributed by atoms with van der Waals surface area (Å²) in [5.74, 6) is 1.03. The van der Waals surface area contributed by atoms with Crippen LogP contribution in [0.15, 0.2) is 56.8 Å². The molecule has 7 nitrogen and oxygen atoms in total. The van der Waals surface area contributed by atoms with Crippen LogP contribution >= 0.6 is 27.7 Å². The Labute approximate surface area is 206 Å². The molecule has 2 heterocycles. The maximum atomic E-state index is 12.5. The molecule has 0 saturated carbocycles. The zero-order valence-corrected chi connectivity index (χ0v) is 20.8. The van der Waals surface area contributed by atoms with Crippen LogP contribution in [0.25, 0.3) is 6.08 Å². The topological polar surface area (TPSA) is 74.6 Å².